The predicted octanol–water partition coefficient (Wildman–Crippen LogP) is 2.25. The normalized spacial score (nSPS) is 15.6. The van der Waals surface area contributed by atoms with E-state index in [1.807, 2.05) is 14.0 Å². The van der Waals surface area contributed by atoms with Crippen LogP contribution < -0.4 is 15.4 Å². The molecule has 0 aliphatic carbocycles. The highest BCUT2D eigenvalue weighted by molar-refractivity contribution is 5.94. The molecule has 1 fully saturated rings. The van der Waals surface area contributed by atoms with Crippen LogP contribution in [0.3, 0.4) is 0 Å². The molecule has 1 aliphatic heterocycles. The van der Waals surface area contributed by atoms with Gasteiger partial charge in [0, 0.05) is 0 Å². The fourth-order valence-corrected chi connectivity index (χ4v) is 3.20. The van der Waals surface area contributed by atoms with Gasteiger partial charge in [-0.15, -0.1) is 0 Å². The number of rotatable bonds is 9. The van der Waals surface area contributed by atoms with Crippen LogP contribution in [-0.4, -0.2) is 55.6 Å². The molecule has 2 rings (SSSR count). The summed E-state index contributed by atoms with van der Waals surface area (Å²) < 4.78 is 5.29. The number of likely N-dealkylation sites (tertiary alicyclic amines) is 1. The first-order chi connectivity index (χ1) is 12.5. The molecular formula is C18H28N4O4. The summed E-state index contributed by atoms with van der Waals surface area (Å²) in [5.41, 5.74) is 0.0439. The van der Waals surface area contributed by atoms with Crippen molar-refractivity contribution in [3.05, 3.63) is 28.3 Å². The fourth-order valence-electron chi connectivity index (χ4n) is 3.20. The van der Waals surface area contributed by atoms with Gasteiger partial charge in [-0.05, 0) is 70.9 Å². The Morgan fingerprint density at radius 2 is 2.12 bits per heavy atom. The van der Waals surface area contributed by atoms with Crippen molar-refractivity contribution in [1.82, 2.24) is 10.2 Å². The van der Waals surface area contributed by atoms with Crippen LogP contribution in [-0.2, 0) is 4.79 Å². The predicted molar refractivity (Wildman–Crippen MR) is 101 cm³/mol. The standard InChI is InChI=1S/C18H28N4O4/c1-3-26-15-4-5-16(17(12-15)22(24)25)20-18(23)13-21-10-7-14(8-11-21)6-9-19-2/h4-5,12,14,19H,3,6-11,13H2,1-2H3,(H,20,23). The molecule has 144 valence electrons. The fraction of sp³-hybridized carbons (Fsp3) is 0.611. The van der Waals surface area contributed by atoms with E-state index in [0.29, 0.717) is 18.3 Å². The molecule has 0 aromatic heterocycles. The lowest BCUT2D eigenvalue weighted by Gasteiger charge is -2.31. The van der Waals surface area contributed by atoms with Crippen LogP contribution in [0.25, 0.3) is 0 Å². The molecule has 1 heterocycles. The van der Waals surface area contributed by atoms with E-state index in [0.717, 1.165) is 38.9 Å². The van der Waals surface area contributed by atoms with Crippen molar-refractivity contribution >= 4 is 17.3 Å². The number of benzene rings is 1. The van der Waals surface area contributed by atoms with Gasteiger partial charge in [-0.2, -0.15) is 0 Å². The molecule has 0 radical (unpaired) electrons. The molecule has 8 nitrogen and oxygen atoms in total. The van der Waals surface area contributed by atoms with E-state index in [2.05, 4.69) is 15.5 Å². The topological polar surface area (TPSA) is 96.7 Å². The number of hydrogen-bond acceptors (Lipinski definition) is 6. The Morgan fingerprint density at radius 3 is 2.73 bits per heavy atom. The largest absolute Gasteiger partial charge is 0.494 e. The van der Waals surface area contributed by atoms with Gasteiger partial charge in [-0.25, -0.2) is 0 Å². The zero-order valence-electron chi connectivity index (χ0n) is 15.5. The summed E-state index contributed by atoms with van der Waals surface area (Å²) >= 11 is 0. The molecule has 8 heteroatoms. The summed E-state index contributed by atoms with van der Waals surface area (Å²) in [6.07, 6.45) is 3.32. The Balaban J connectivity index is 1.89. The van der Waals surface area contributed by atoms with Crippen molar-refractivity contribution in [3.63, 3.8) is 0 Å². The third-order valence-electron chi connectivity index (χ3n) is 4.63. The van der Waals surface area contributed by atoms with Gasteiger partial charge in [-0.1, -0.05) is 0 Å². The molecule has 0 saturated carbocycles. The Kier molecular flexibility index (Phi) is 7.80. The number of carbonyl (C=O) groups is 1. The van der Waals surface area contributed by atoms with Gasteiger partial charge in [-0.3, -0.25) is 19.8 Å². The summed E-state index contributed by atoms with van der Waals surface area (Å²) in [6.45, 7) is 5.27. The number of piperidine rings is 1. The maximum atomic E-state index is 12.3. The highest BCUT2D eigenvalue weighted by Gasteiger charge is 2.22. The molecule has 1 aliphatic rings. The second-order valence-corrected chi connectivity index (χ2v) is 6.53. The van der Waals surface area contributed by atoms with Crippen molar-refractivity contribution in [2.45, 2.75) is 26.2 Å². The van der Waals surface area contributed by atoms with Crippen molar-refractivity contribution in [1.29, 1.82) is 0 Å². The molecule has 1 aromatic carbocycles. The number of anilines is 1. The van der Waals surface area contributed by atoms with Gasteiger partial charge >= 0.3 is 0 Å². The lowest BCUT2D eigenvalue weighted by Crippen LogP contribution is -2.39. The van der Waals surface area contributed by atoms with Crippen LogP contribution in [0, 0.1) is 16.0 Å². The number of carbonyl (C=O) groups excluding carboxylic acids is 1. The van der Waals surface area contributed by atoms with Gasteiger partial charge in [0.05, 0.1) is 24.1 Å². The first kappa shape index (κ1) is 20.1. The molecule has 26 heavy (non-hydrogen) atoms. The van der Waals surface area contributed by atoms with E-state index in [4.69, 9.17) is 4.74 Å². The highest BCUT2D eigenvalue weighted by Crippen LogP contribution is 2.29. The van der Waals surface area contributed by atoms with Crippen LogP contribution >= 0.6 is 0 Å². The number of nitrogens with zero attached hydrogens (tertiary/aromatic N) is 2. The summed E-state index contributed by atoms with van der Waals surface area (Å²) in [4.78, 5) is 25.2. The molecule has 1 saturated heterocycles. The molecule has 0 unspecified atom stereocenters. The van der Waals surface area contributed by atoms with E-state index < -0.39 is 4.92 Å². The van der Waals surface area contributed by atoms with Crippen LogP contribution in [0.5, 0.6) is 5.75 Å². The number of nitro groups is 1. The van der Waals surface area contributed by atoms with E-state index in [-0.39, 0.29) is 23.8 Å². The smallest absolute Gasteiger partial charge is 0.296 e. The minimum absolute atomic E-state index is 0.157. The first-order valence-corrected chi connectivity index (χ1v) is 9.11. The Morgan fingerprint density at radius 1 is 1.38 bits per heavy atom. The second-order valence-electron chi connectivity index (χ2n) is 6.53. The Labute approximate surface area is 154 Å². The van der Waals surface area contributed by atoms with Crippen molar-refractivity contribution in [3.8, 4) is 5.75 Å². The maximum Gasteiger partial charge on any atom is 0.296 e. The molecular weight excluding hydrogens is 336 g/mol. The summed E-state index contributed by atoms with van der Waals surface area (Å²) in [5, 5.41) is 17.1. The van der Waals surface area contributed by atoms with Gasteiger partial charge in [0.1, 0.15) is 11.4 Å². The molecule has 1 aromatic rings. The lowest BCUT2D eigenvalue weighted by atomic mass is 9.93. The number of nitro benzene ring substituents is 1. The molecule has 0 bridgehead atoms. The number of amides is 1. The van der Waals surface area contributed by atoms with Gasteiger partial charge in [0.25, 0.3) is 5.69 Å². The molecule has 0 atom stereocenters. The number of hydrogen-bond donors (Lipinski definition) is 2. The third kappa shape index (κ3) is 5.96. The minimum Gasteiger partial charge on any atom is -0.494 e. The van der Waals surface area contributed by atoms with Crippen LogP contribution in [0.15, 0.2) is 18.2 Å². The first-order valence-electron chi connectivity index (χ1n) is 9.11. The zero-order chi connectivity index (χ0) is 18.9. The molecule has 2 N–H and O–H groups in total. The summed E-state index contributed by atoms with van der Waals surface area (Å²) in [7, 11) is 1.96. The van der Waals surface area contributed by atoms with Gasteiger partial charge in [0.15, 0.2) is 0 Å². The average molecular weight is 364 g/mol. The summed E-state index contributed by atoms with van der Waals surface area (Å²) in [6, 6.07) is 4.48. The third-order valence-corrected chi connectivity index (χ3v) is 4.63. The second kappa shape index (κ2) is 10.1. The van der Waals surface area contributed by atoms with Crippen molar-refractivity contribution in [2.75, 3.05) is 45.2 Å². The highest BCUT2D eigenvalue weighted by atomic mass is 16.6. The monoisotopic (exact) mass is 364 g/mol. The maximum absolute atomic E-state index is 12.3. The Hall–Kier alpha value is -2.19. The van der Waals surface area contributed by atoms with Gasteiger partial charge in [0.2, 0.25) is 5.91 Å². The molecule has 0 spiro atoms. The summed E-state index contributed by atoms with van der Waals surface area (Å²) in [5.74, 6) is 0.890. The van der Waals surface area contributed by atoms with Crippen LogP contribution in [0.2, 0.25) is 0 Å². The number of ether oxygens (including phenoxy) is 1. The van der Waals surface area contributed by atoms with E-state index in [1.54, 1.807) is 6.07 Å². The number of nitrogens with one attached hydrogen (secondary N) is 2. The molecule has 1 amide bonds. The average Bonchev–Trinajstić information content (AvgIpc) is 2.62. The lowest BCUT2D eigenvalue weighted by molar-refractivity contribution is -0.384. The zero-order valence-corrected chi connectivity index (χ0v) is 15.5. The van der Waals surface area contributed by atoms with Crippen molar-refractivity contribution in [2.24, 2.45) is 5.92 Å². The van der Waals surface area contributed by atoms with E-state index in [1.165, 1.54) is 12.1 Å². The van der Waals surface area contributed by atoms with E-state index in [9.17, 15) is 14.9 Å². The SMILES string of the molecule is CCOc1ccc(NC(=O)CN2CCC(CCNC)CC2)c([N+](=O)[O-])c1. The van der Waals surface area contributed by atoms with Crippen LogP contribution in [0.1, 0.15) is 26.2 Å². The van der Waals surface area contributed by atoms with Crippen LogP contribution in [0.4, 0.5) is 11.4 Å². The minimum atomic E-state index is -0.509. The van der Waals surface area contributed by atoms with Gasteiger partial charge < -0.3 is 15.4 Å². The van der Waals surface area contributed by atoms with E-state index >= 15 is 0 Å². The quantitative estimate of drug-likeness (QED) is 0.515. The Bertz CT molecular complexity index is 615. The van der Waals surface area contributed by atoms with Crippen molar-refractivity contribution < 1.29 is 14.5 Å².